The van der Waals surface area contributed by atoms with Crippen LogP contribution in [0.2, 0.25) is 0 Å². The summed E-state index contributed by atoms with van der Waals surface area (Å²) in [5.41, 5.74) is 1.33. The molecule has 1 N–H and O–H groups in total. The molecule has 0 spiro atoms. The molecule has 0 saturated carbocycles. The van der Waals surface area contributed by atoms with Gasteiger partial charge in [0.25, 0.3) is 0 Å². The van der Waals surface area contributed by atoms with Gasteiger partial charge in [-0.2, -0.15) is 0 Å². The van der Waals surface area contributed by atoms with Crippen LogP contribution in [-0.4, -0.2) is 53.6 Å². The Kier molecular flexibility index (Phi) is 6.21. The zero-order valence-electron chi connectivity index (χ0n) is 12.5. The van der Waals surface area contributed by atoms with Crippen molar-refractivity contribution in [2.45, 2.75) is 25.8 Å². The zero-order valence-corrected chi connectivity index (χ0v) is 14.1. The number of carboxylic acids is 1. The van der Waals surface area contributed by atoms with Crippen molar-refractivity contribution >= 4 is 21.9 Å². The second kappa shape index (κ2) is 7.92. The molecule has 1 aliphatic rings. The smallest absolute Gasteiger partial charge is 0.317 e. The molecule has 1 heterocycles. The first-order valence-corrected chi connectivity index (χ1v) is 8.33. The highest BCUT2D eigenvalue weighted by Gasteiger charge is 2.23. The highest BCUT2D eigenvalue weighted by molar-refractivity contribution is 9.10. The Morgan fingerprint density at radius 1 is 1.33 bits per heavy atom. The molecule has 0 radical (unpaired) electrons. The maximum absolute atomic E-state index is 10.8. The van der Waals surface area contributed by atoms with E-state index < -0.39 is 5.97 Å². The van der Waals surface area contributed by atoms with Crippen LogP contribution in [0.3, 0.4) is 0 Å². The normalized spacial score (nSPS) is 19.1. The number of hydrogen-bond acceptors (Lipinski definition) is 3. The van der Waals surface area contributed by atoms with E-state index in [1.165, 1.54) is 5.56 Å². The quantitative estimate of drug-likeness (QED) is 0.882. The first-order valence-electron chi connectivity index (χ1n) is 7.54. The van der Waals surface area contributed by atoms with Gasteiger partial charge in [0, 0.05) is 36.7 Å². The summed E-state index contributed by atoms with van der Waals surface area (Å²) in [4.78, 5) is 15.4. The number of nitrogens with zero attached hydrogens (tertiary/aromatic N) is 2. The van der Waals surface area contributed by atoms with Crippen LogP contribution in [0, 0.1) is 0 Å². The Hall–Kier alpha value is -0.910. The van der Waals surface area contributed by atoms with Gasteiger partial charge in [0.1, 0.15) is 0 Å². The molecule has 0 aromatic heterocycles. The van der Waals surface area contributed by atoms with Crippen LogP contribution in [0.5, 0.6) is 0 Å². The Morgan fingerprint density at radius 3 is 2.81 bits per heavy atom. The summed E-state index contributed by atoms with van der Waals surface area (Å²) >= 11 is 3.54. The van der Waals surface area contributed by atoms with Gasteiger partial charge in [0.2, 0.25) is 0 Å². The van der Waals surface area contributed by atoms with E-state index >= 15 is 0 Å². The molecule has 1 aliphatic heterocycles. The molecule has 1 fully saturated rings. The fourth-order valence-electron chi connectivity index (χ4n) is 3.07. The Labute approximate surface area is 134 Å². The average Bonchev–Trinajstić information content (AvgIpc) is 2.65. The number of carbonyl (C=O) groups is 1. The first-order chi connectivity index (χ1) is 10.1. The van der Waals surface area contributed by atoms with E-state index in [2.05, 4.69) is 46.0 Å². The lowest BCUT2D eigenvalue weighted by atomic mass is 10.0. The van der Waals surface area contributed by atoms with Gasteiger partial charge in [-0.25, -0.2) is 0 Å². The van der Waals surface area contributed by atoms with Gasteiger partial charge in [0.15, 0.2) is 0 Å². The van der Waals surface area contributed by atoms with Crippen molar-refractivity contribution in [2.24, 2.45) is 0 Å². The second-order valence-electron chi connectivity index (χ2n) is 5.54. The van der Waals surface area contributed by atoms with Crippen LogP contribution in [0.4, 0.5) is 0 Å². The molecule has 5 heteroatoms. The summed E-state index contributed by atoms with van der Waals surface area (Å²) in [7, 11) is 0. The molecular formula is C16H23BrN2O2. The molecular weight excluding hydrogens is 332 g/mol. The Morgan fingerprint density at radius 2 is 2.14 bits per heavy atom. The van der Waals surface area contributed by atoms with Crippen LogP contribution in [0.1, 0.15) is 31.4 Å². The third-order valence-corrected chi connectivity index (χ3v) is 4.54. The molecule has 1 unspecified atom stereocenters. The van der Waals surface area contributed by atoms with Crippen molar-refractivity contribution in [1.29, 1.82) is 0 Å². The van der Waals surface area contributed by atoms with Gasteiger partial charge in [-0.1, -0.05) is 35.0 Å². The minimum Gasteiger partial charge on any atom is -0.480 e. The summed E-state index contributed by atoms with van der Waals surface area (Å²) < 4.78 is 1.11. The molecule has 1 aromatic rings. The number of benzene rings is 1. The number of hydrogen-bond donors (Lipinski definition) is 1. The van der Waals surface area contributed by atoms with Gasteiger partial charge in [-0.05, 0) is 30.5 Å². The van der Waals surface area contributed by atoms with Crippen LogP contribution >= 0.6 is 15.9 Å². The monoisotopic (exact) mass is 354 g/mol. The van der Waals surface area contributed by atoms with E-state index in [1.54, 1.807) is 0 Å². The second-order valence-corrected chi connectivity index (χ2v) is 6.45. The summed E-state index contributed by atoms with van der Waals surface area (Å²) in [6, 6.07) is 8.91. The van der Waals surface area contributed by atoms with Crippen molar-refractivity contribution in [1.82, 2.24) is 9.80 Å². The van der Waals surface area contributed by atoms with Crippen LogP contribution in [-0.2, 0) is 4.79 Å². The molecule has 2 rings (SSSR count). The maximum atomic E-state index is 10.8. The Balaban J connectivity index is 2.04. The third-order valence-electron chi connectivity index (χ3n) is 4.04. The summed E-state index contributed by atoms with van der Waals surface area (Å²) in [6.07, 6.45) is 2.09. The largest absolute Gasteiger partial charge is 0.480 e. The van der Waals surface area contributed by atoms with E-state index in [0.29, 0.717) is 6.04 Å². The summed E-state index contributed by atoms with van der Waals surface area (Å²) in [6.45, 7) is 6.03. The van der Waals surface area contributed by atoms with E-state index in [9.17, 15) is 4.79 Å². The van der Waals surface area contributed by atoms with Crippen molar-refractivity contribution in [3.63, 3.8) is 0 Å². The van der Waals surface area contributed by atoms with Gasteiger partial charge < -0.3 is 5.11 Å². The topological polar surface area (TPSA) is 43.8 Å². The van der Waals surface area contributed by atoms with Gasteiger partial charge in [-0.15, -0.1) is 0 Å². The van der Waals surface area contributed by atoms with Crippen LogP contribution < -0.4 is 0 Å². The lowest BCUT2D eigenvalue weighted by Gasteiger charge is -2.30. The maximum Gasteiger partial charge on any atom is 0.317 e. The number of aliphatic carboxylic acids is 1. The predicted molar refractivity (Wildman–Crippen MR) is 87.4 cm³/mol. The molecule has 1 atom stereocenters. The van der Waals surface area contributed by atoms with Crippen molar-refractivity contribution in [2.75, 3.05) is 32.7 Å². The summed E-state index contributed by atoms with van der Waals surface area (Å²) in [5, 5.41) is 8.93. The third kappa shape index (κ3) is 4.80. The molecule has 116 valence electrons. The van der Waals surface area contributed by atoms with E-state index in [0.717, 1.165) is 43.5 Å². The van der Waals surface area contributed by atoms with E-state index in [4.69, 9.17) is 5.11 Å². The molecule has 0 amide bonds. The van der Waals surface area contributed by atoms with E-state index in [1.807, 2.05) is 11.0 Å². The average molecular weight is 355 g/mol. The molecule has 4 nitrogen and oxygen atoms in total. The molecule has 0 bridgehead atoms. The van der Waals surface area contributed by atoms with Gasteiger partial charge in [0.05, 0.1) is 6.54 Å². The first kappa shape index (κ1) is 16.5. The molecule has 0 aliphatic carbocycles. The molecule has 21 heavy (non-hydrogen) atoms. The zero-order chi connectivity index (χ0) is 15.2. The SMILES string of the molecule is CCC(c1cccc(Br)c1)N1CCCN(CC(=O)O)CC1. The van der Waals surface area contributed by atoms with Crippen LogP contribution in [0.15, 0.2) is 28.7 Å². The standard InChI is InChI=1S/C16H23BrN2O2/c1-2-15(13-5-3-6-14(17)11-13)19-8-4-7-18(9-10-19)12-16(20)21/h3,5-6,11,15H,2,4,7-10,12H2,1H3,(H,20,21). The predicted octanol–water partition coefficient (Wildman–Crippen LogP) is 2.99. The van der Waals surface area contributed by atoms with Crippen LogP contribution in [0.25, 0.3) is 0 Å². The molecule has 1 aromatic carbocycles. The minimum atomic E-state index is -0.734. The van der Waals surface area contributed by atoms with Gasteiger partial charge >= 0.3 is 5.97 Å². The van der Waals surface area contributed by atoms with Crippen molar-refractivity contribution in [3.05, 3.63) is 34.3 Å². The van der Waals surface area contributed by atoms with Crippen molar-refractivity contribution in [3.8, 4) is 0 Å². The number of rotatable bonds is 5. The molecule has 1 saturated heterocycles. The number of carboxylic acid groups (broad SMARTS) is 1. The highest BCUT2D eigenvalue weighted by atomic mass is 79.9. The minimum absolute atomic E-state index is 0.154. The lowest BCUT2D eigenvalue weighted by Crippen LogP contribution is -2.35. The van der Waals surface area contributed by atoms with Crippen molar-refractivity contribution < 1.29 is 9.90 Å². The Bertz CT molecular complexity index is 481. The summed E-state index contributed by atoms with van der Waals surface area (Å²) in [5.74, 6) is -0.734. The fourth-order valence-corrected chi connectivity index (χ4v) is 3.49. The van der Waals surface area contributed by atoms with E-state index in [-0.39, 0.29) is 6.54 Å². The highest BCUT2D eigenvalue weighted by Crippen LogP contribution is 2.27. The number of halogens is 1. The van der Waals surface area contributed by atoms with Gasteiger partial charge in [-0.3, -0.25) is 14.6 Å². The fraction of sp³-hybridized carbons (Fsp3) is 0.562. The lowest BCUT2D eigenvalue weighted by molar-refractivity contribution is -0.138.